The zero-order valence-corrected chi connectivity index (χ0v) is 62.3. The van der Waals surface area contributed by atoms with E-state index in [1.807, 2.05) is 120 Å². The van der Waals surface area contributed by atoms with Crippen LogP contribution in [0.2, 0.25) is 0 Å². The van der Waals surface area contributed by atoms with Crippen LogP contribution in [0.15, 0.2) is 244 Å². The molecular weight excluding hydrogens is 1440 g/mol. The van der Waals surface area contributed by atoms with E-state index in [1.54, 1.807) is 57.5 Å². The van der Waals surface area contributed by atoms with Gasteiger partial charge in [-0.15, -0.1) is 45.3 Å². The lowest BCUT2D eigenvalue weighted by Crippen LogP contribution is -1.94. The highest BCUT2D eigenvalue weighted by atomic mass is 32.3. The number of hydrogen-bond donors (Lipinski definition) is 4. The van der Waals surface area contributed by atoms with Crippen LogP contribution in [-0.2, 0) is 7.05 Å². The minimum Gasteiger partial charge on any atom is -0.456 e. The first-order chi connectivity index (χ1) is 51.9. The van der Waals surface area contributed by atoms with Gasteiger partial charge in [0.1, 0.15) is 55.3 Å². The van der Waals surface area contributed by atoms with Crippen molar-refractivity contribution in [2.24, 2.45) is 7.05 Å². The predicted octanol–water partition coefficient (Wildman–Crippen LogP) is 26.2. The number of benzene rings is 12. The number of oxazole rings is 4. The van der Waals surface area contributed by atoms with Gasteiger partial charge >= 0.3 is 0 Å². The van der Waals surface area contributed by atoms with Crippen LogP contribution in [0, 0.1) is 41.5 Å². The smallest absolute Gasteiger partial charge is 0.192 e. The summed E-state index contributed by atoms with van der Waals surface area (Å²) in [6.07, 6.45) is 0. The average Bonchev–Trinajstić information content (AvgIpc) is 1.60. The summed E-state index contributed by atoms with van der Waals surface area (Å²) in [5, 5.41) is 16.1. The van der Waals surface area contributed by atoms with Crippen LogP contribution >= 0.6 is 56.2 Å². The zero-order valence-electron chi connectivity index (χ0n) is 58.2. The molecule has 0 aliphatic heterocycles. The van der Waals surface area contributed by atoms with E-state index in [0.717, 1.165) is 151 Å². The van der Waals surface area contributed by atoms with E-state index < -0.39 is 10.9 Å². The van der Waals surface area contributed by atoms with Crippen molar-refractivity contribution in [2.75, 3.05) is 0 Å². The van der Waals surface area contributed by atoms with Crippen LogP contribution in [0.3, 0.4) is 0 Å². The molecule has 4 N–H and O–H groups in total. The molecule has 0 bridgehead atoms. The molecule has 0 radical (unpaired) electrons. The highest BCUT2D eigenvalue weighted by molar-refractivity contribution is 8.19. The Hall–Kier alpha value is -11.8. The number of aryl methyl sites for hydroxylation is 7. The number of thiazole rings is 2. The van der Waals surface area contributed by atoms with Gasteiger partial charge in [0, 0.05) is 160 Å². The molecule has 0 aliphatic rings. The van der Waals surface area contributed by atoms with Crippen LogP contribution < -0.4 is 0 Å². The minimum atomic E-state index is -3.69. The largest absolute Gasteiger partial charge is 0.456 e. The van der Waals surface area contributed by atoms with Crippen molar-refractivity contribution < 1.29 is 40.2 Å². The summed E-state index contributed by atoms with van der Waals surface area (Å²) < 4.78 is 71.4. The summed E-state index contributed by atoms with van der Waals surface area (Å²) in [5.74, 6) is 2.82. The molecule has 12 aromatic heterocycles. The lowest BCUT2D eigenvalue weighted by molar-refractivity contribution is 0.376. The number of hydrogen-bond acceptors (Lipinski definition) is 19. The number of furan rings is 2. The maximum absolute atomic E-state index is 9.42. The topological polar surface area (TPSA) is 238 Å². The third-order valence-electron chi connectivity index (χ3n) is 19.0. The Morgan fingerprint density at radius 3 is 1.36 bits per heavy atom. The maximum atomic E-state index is 9.42. The number of nitrogens with one attached hydrogen (secondary N) is 1. The molecule has 12 aromatic carbocycles. The fourth-order valence-corrected chi connectivity index (χ4v) is 18.8. The molecule has 0 saturated carbocycles. The molecule has 0 atom stereocenters. The quantitative estimate of drug-likeness (QED) is 0.120. The van der Waals surface area contributed by atoms with Crippen molar-refractivity contribution >= 4 is 249 Å². The van der Waals surface area contributed by atoms with Gasteiger partial charge in [0.15, 0.2) is 45.9 Å². The molecule has 0 spiro atoms. The molecule has 22 heteroatoms. The Labute approximate surface area is 623 Å². The van der Waals surface area contributed by atoms with Crippen LogP contribution in [0.25, 0.3) is 193 Å². The Kier molecular flexibility index (Phi) is 15.9. The Morgan fingerprint density at radius 2 is 0.729 bits per heavy atom. The summed E-state index contributed by atoms with van der Waals surface area (Å²) in [5.41, 5.74) is 17.3. The van der Waals surface area contributed by atoms with E-state index >= 15 is 0 Å². The third kappa shape index (κ3) is 12.0. The van der Waals surface area contributed by atoms with Crippen molar-refractivity contribution in [2.45, 2.75) is 46.4 Å². The SMILES string of the molecule is Cc1nc2cc3c(cc2o1)[nH]c1ccccc13.Cc1nc2cc3c(cc2o1)oc1ccccc13.Cc1nc2cc3c(cc2o1)sc1ccccc13.Cc1nc2cc3c(cc2s1)oc1ccccc13.Cc1nc2cc3c(cc2s1)sc1ccc(S(O)(O)O)cc13.Cc1nc2cc3c4ccccc4n(C)c3cc2o1. The lowest BCUT2D eigenvalue weighted by Gasteiger charge is -2.18. The molecule has 0 fully saturated rings. The van der Waals surface area contributed by atoms with Gasteiger partial charge in [-0.3, -0.25) is 0 Å². The Balaban J connectivity index is 0.0000000877. The number of fused-ring (bicyclic) bond motifs is 24. The highest BCUT2D eigenvalue weighted by Gasteiger charge is 2.20. The predicted molar refractivity (Wildman–Crippen MR) is 441 cm³/mol. The fraction of sp³-hybridized carbons (Fsp3) is 0.0824. The monoisotopic (exact) mass is 1500 g/mol. The molecule has 107 heavy (non-hydrogen) atoms. The second kappa shape index (κ2) is 25.8. The first-order valence-electron chi connectivity index (χ1n) is 34.2. The number of rotatable bonds is 1. The molecule has 24 aromatic rings. The lowest BCUT2D eigenvalue weighted by atomic mass is 10.1. The second-order valence-corrected chi connectivity index (χ2v) is 32.3. The molecule has 0 saturated heterocycles. The van der Waals surface area contributed by atoms with Crippen molar-refractivity contribution in [3.05, 3.63) is 246 Å². The third-order valence-corrected chi connectivity index (χ3v) is 24.0. The molecule has 17 nitrogen and oxygen atoms in total. The zero-order chi connectivity index (χ0) is 72.7. The number of nitrogens with zero attached hydrogens (tertiary/aromatic N) is 7. The van der Waals surface area contributed by atoms with Crippen LogP contribution in [0.4, 0.5) is 0 Å². The summed E-state index contributed by atoms with van der Waals surface area (Å²) in [6.45, 7) is 11.5. The van der Waals surface area contributed by atoms with Gasteiger partial charge in [0.25, 0.3) is 0 Å². The van der Waals surface area contributed by atoms with Crippen molar-refractivity contribution in [3.8, 4) is 0 Å². The standard InChI is InChI=1S/C15H12N2O.C14H10N2O.C14H11NO3S3.C14H9NO2.2C14H9NOS/c1-9-16-12-7-11-10-5-3-4-6-13(10)17(2)14(11)8-15(12)18-9;1-8-15-13-6-10-9-4-2-3-5-11(9)16-12(10)7-14(13)17-8;1-7-15-11-5-10-9-4-8(21(16,17)18)2-3-12(9)20-13(10)6-14(11)19-7;1-8-15-11-6-10-9-4-2-3-5-12(9)17-13(10)7-14(11)16-8;1-8-15-11-6-10-9-4-2-3-5-13(9)17-14(10)7-12(11)16-8;1-8-15-11-6-10-9-4-2-3-5-12(9)16-13(10)7-14(11)17-8/h3-8H,1-2H3;2-7,16H,1H3;2-6,16-18H,1H3;3*2-7H,1H3. The second-order valence-electron chi connectivity index (χ2n) is 26.2. The van der Waals surface area contributed by atoms with E-state index in [4.69, 9.17) is 26.5 Å². The van der Waals surface area contributed by atoms with Crippen molar-refractivity contribution in [3.63, 3.8) is 0 Å². The number of para-hydroxylation sites is 4. The van der Waals surface area contributed by atoms with Gasteiger partial charge in [-0.2, -0.15) is 0 Å². The molecule has 24 rings (SSSR count). The van der Waals surface area contributed by atoms with Gasteiger partial charge in [-0.25, -0.2) is 29.9 Å². The van der Waals surface area contributed by atoms with E-state index in [9.17, 15) is 13.7 Å². The maximum Gasteiger partial charge on any atom is 0.192 e. The van der Waals surface area contributed by atoms with E-state index in [-0.39, 0.29) is 4.90 Å². The number of thiophene rings is 2. The summed E-state index contributed by atoms with van der Waals surface area (Å²) in [6, 6.07) is 71.1. The van der Waals surface area contributed by atoms with Crippen LogP contribution in [-0.4, -0.2) is 53.1 Å². The average molecular weight is 1500 g/mol. The molecule has 12 heterocycles. The Morgan fingerprint density at radius 1 is 0.290 bits per heavy atom. The van der Waals surface area contributed by atoms with Crippen molar-refractivity contribution in [1.82, 2.24) is 39.5 Å². The van der Waals surface area contributed by atoms with Crippen molar-refractivity contribution in [1.29, 1.82) is 0 Å². The first kappa shape index (κ1) is 65.9. The van der Waals surface area contributed by atoms with E-state index in [1.165, 1.54) is 57.5 Å². The molecular formula is C85H60N8O9S5. The van der Waals surface area contributed by atoms with Gasteiger partial charge in [0.05, 0.1) is 46.4 Å². The summed E-state index contributed by atoms with van der Waals surface area (Å²) >= 11 is 6.82. The molecule has 0 unspecified atom stereocenters. The van der Waals surface area contributed by atoms with Gasteiger partial charge < -0.3 is 49.7 Å². The fourth-order valence-electron chi connectivity index (χ4n) is 14.3. The normalized spacial score (nSPS) is 12.2. The van der Waals surface area contributed by atoms with Crippen LogP contribution in [0.5, 0.6) is 0 Å². The molecule has 0 amide bonds. The first-order valence-corrected chi connectivity index (χ1v) is 39.0. The molecule has 0 aliphatic carbocycles. The number of H-pyrrole nitrogens is 1. The van der Waals surface area contributed by atoms with Gasteiger partial charge in [0.2, 0.25) is 0 Å². The number of aromatic amines is 1. The van der Waals surface area contributed by atoms with E-state index in [2.05, 4.69) is 168 Å². The minimum absolute atomic E-state index is 0.143. The van der Waals surface area contributed by atoms with Gasteiger partial charge in [-0.05, 0) is 105 Å². The van der Waals surface area contributed by atoms with E-state index in [0.29, 0.717) is 17.7 Å². The van der Waals surface area contributed by atoms with Crippen LogP contribution in [0.1, 0.15) is 33.6 Å². The summed E-state index contributed by atoms with van der Waals surface area (Å²) in [7, 11) is -1.61. The molecule has 524 valence electrons. The summed E-state index contributed by atoms with van der Waals surface area (Å²) in [4.78, 5) is 30.1. The van der Waals surface area contributed by atoms with Gasteiger partial charge in [-0.1, -0.05) is 91.0 Å². The Bertz CT molecular complexity index is 7070. The number of aromatic nitrogens is 8. The highest BCUT2D eigenvalue weighted by Crippen LogP contribution is 2.48.